The van der Waals surface area contributed by atoms with Crippen LogP contribution < -0.4 is 10.9 Å². The highest BCUT2D eigenvalue weighted by molar-refractivity contribution is 7.18. The Hall–Kier alpha value is -2.51. The number of nitrogens with one attached hydrogen (secondary N) is 2. The summed E-state index contributed by atoms with van der Waals surface area (Å²) in [6.45, 7) is 6.17. The van der Waals surface area contributed by atoms with Crippen LogP contribution in [0.3, 0.4) is 0 Å². The molecule has 2 aromatic heterocycles. The van der Waals surface area contributed by atoms with E-state index in [0.29, 0.717) is 31.1 Å². The van der Waals surface area contributed by atoms with E-state index in [4.69, 9.17) is 0 Å². The number of carbonyl (C=O) groups is 1. The molecule has 0 unspecified atom stereocenters. The monoisotopic (exact) mass is 464 g/mol. The van der Waals surface area contributed by atoms with Gasteiger partial charge in [0.15, 0.2) is 0 Å². The summed E-state index contributed by atoms with van der Waals surface area (Å²) in [6, 6.07) is 8.51. The minimum absolute atomic E-state index is 0.0295. The zero-order chi connectivity index (χ0) is 22.8. The van der Waals surface area contributed by atoms with Gasteiger partial charge in [0.25, 0.3) is 5.56 Å². The lowest BCUT2D eigenvalue weighted by molar-refractivity contribution is -0.121. The molecule has 3 heterocycles. The topological polar surface area (TPSA) is 78.1 Å². The second-order valence-corrected chi connectivity index (χ2v) is 10.7. The standard InChI is InChI=1S/C26H32N4O2S/c1-17-4-9-20-21(14-17)33-26-24(20)25(32)28-22(29-26)10-11-23(31)27-15-18-5-7-19(8-6-18)16-30-12-2-3-13-30/h5-8,17H,2-4,9-16H2,1H3,(H,27,31)(H,28,29,32)/t17-/m1/s1. The fourth-order valence-electron chi connectivity index (χ4n) is 4.99. The van der Waals surface area contributed by atoms with Gasteiger partial charge in [-0.1, -0.05) is 31.2 Å². The predicted octanol–water partition coefficient (Wildman–Crippen LogP) is 3.95. The zero-order valence-electron chi connectivity index (χ0n) is 19.3. The van der Waals surface area contributed by atoms with Crippen molar-refractivity contribution in [2.45, 2.75) is 65.0 Å². The van der Waals surface area contributed by atoms with Crippen LogP contribution >= 0.6 is 11.3 Å². The highest BCUT2D eigenvalue weighted by Crippen LogP contribution is 2.35. The van der Waals surface area contributed by atoms with Crippen molar-refractivity contribution in [3.8, 4) is 0 Å². The summed E-state index contributed by atoms with van der Waals surface area (Å²) < 4.78 is 0. The van der Waals surface area contributed by atoms with Crippen LogP contribution in [0.4, 0.5) is 0 Å². The van der Waals surface area contributed by atoms with Crippen molar-refractivity contribution in [2.24, 2.45) is 5.92 Å². The van der Waals surface area contributed by atoms with Crippen molar-refractivity contribution < 1.29 is 4.79 Å². The van der Waals surface area contributed by atoms with Crippen molar-refractivity contribution in [1.82, 2.24) is 20.2 Å². The molecule has 0 spiro atoms. The summed E-state index contributed by atoms with van der Waals surface area (Å²) in [4.78, 5) is 37.3. The maximum atomic E-state index is 12.7. The summed E-state index contributed by atoms with van der Waals surface area (Å²) in [5.74, 6) is 1.23. The zero-order valence-corrected chi connectivity index (χ0v) is 20.1. The highest BCUT2D eigenvalue weighted by atomic mass is 32.1. The lowest BCUT2D eigenvalue weighted by atomic mass is 9.89. The number of aromatic nitrogens is 2. The number of amides is 1. The van der Waals surface area contributed by atoms with E-state index in [9.17, 15) is 9.59 Å². The number of hydrogen-bond donors (Lipinski definition) is 2. The number of thiophene rings is 1. The number of nitrogens with zero attached hydrogens (tertiary/aromatic N) is 2. The summed E-state index contributed by atoms with van der Waals surface area (Å²) in [7, 11) is 0. The van der Waals surface area contributed by atoms with Crippen LogP contribution in [0, 0.1) is 5.92 Å². The first kappa shape index (κ1) is 22.3. The van der Waals surface area contributed by atoms with E-state index in [2.05, 4.69) is 51.4 Å². The van der Waals surface area contributed by atoms with E-state index in [1.54, 1.807) is 11.3 Å². The molecular weight excluding hydrogens is 432 g/mol. The molecular formula is C26H32N4O2S. The van der Waals surface area contributed by atoms with Gasteiger partial charge in [0.1, 0.15) is 10.7 Å². The third-order valence-electron chi connectivity index (χ3n) is 6.92. The minimum atomic E-state index is -0.0588. The second-order valence-electron chi connectivity index (χ2n) is 9.62. The van der Waals surface area contributed by atoms with Crippen molar-refractivity contribution in [3.05, 3.63) is 62.0 Å². The fraction of sp³-hybridized carbons (Fsp3) is 0.500. The predicted molar refractivity (Wildman–Crippen MR) is 133 cm³/mol. The van der Waals surface area contributed by atoms with Gasteiger partial charge < -0.3 is 10.3 Å². The number of benzene rings is 1. The first-order chi connectivity index (χ1) is 16.0. The Morgan fingerprint density at radius 1 is 1.21 bits per heavy atom. The maximum absolute atomic E-state index is 12.7. The molecule has 1 amide bonds. The number of fused-ring (bicyclic) bond motifs is 3. The molecule has 1 aromatic carbocycles. The lowest BCUT2D eigenvalue weighted by Crippen LogP contribution is -2.24. The molecule has 7 heteroatoms. The first-order valence-corrected chi connectivity index (χ1v) is 13.0. The minimum Gasteiger partial charge on any atom is -0.352 e. The molecule has 2 aliphatic rings. The van der Waals surface area contributed by atoms with Crippen LogP contribution in [-0.4, -0.2) is 33.9 Å². The number of H-pyrrole nitrogens is 1. The van der Waals surface area contributed by atoms with Gasteiger partial charge in [0.05, 0.1) is 5.39 Å². The molecule has 1 saturated heterocycles. The normalized spacial score (nSPS) is 18.5. The van der Waals surface area contributed by atoms with Gasteiger partial charge in [-0.05, 0) is 67.8 Å². The molecule has 1 atom stereocenters. The molecule has 5 rings (SSSR count). The Labute approximate surface area is 198 Å². The first-order valence-electron chi connectivity index (χ1n) is 12.2. The SMILES string of the molecule is C[C@@H]1CCc2c(sc3nc(CCC(=O)NCc4ccc(CN5CCCC5)cc4)[nH]c(=O)c23)C1. The van der Waals surface area contributed by atoms with Crippen molar-refractivity contribution in [3.63, 3.8) is 0 Å². The third-order valence-corrected chi connectivity index (χ3v) is 8.07. The van der Waals surface area contributed by atoms with Gasteiger partial charge in [-0.3, -0.25) is 14.5 Å². The third kappa shape index (κ3) is 5.20. The number of carbonyl (C=O) groups excluding carboxylic acids is 1. The van der Waals surface area contributed by atoms with Crippen LogP contribution in [-0.2, 0) is 37.1 Å². The molecule has 33 heavy (non-hydrogen) atoms. The summed E-state index contributed by atoms with van der Waals surface area (Å²) in [6.07, 6.45) is 6.47. The Kier molecular flexibility index (Phi) is 6.60. The molecule has 6 nitrogen and oxygen atoms in total. The number of likely N-dealkylation sites (tertiary alicyclic amines) is 1. The maximum Gasteiger partial charge on any atom is 0.259 e. The van der Waals surface area contributed by atoms with Crippen molar-refractivity contribution in [2.75, 3.05) is 13.1 Å². The summed E-state index contributed by atoms with van der Waals surface area (Å²) >= 11 is 1.65. The van der Waals surface area contributed by atoms with Crippen LogP contribution in [0.25, 0.3) is 10.2 Å². The van der Waals surface area contributed by atoms with Gasteiger partial charge in [-0.25, -0.2) is 4.98 Å². The highest BCUT2D eigenvalue weighted by Gasteiger charge is 2.23. The molecule has 0 radical (unpaired) electrons. The van der Waals surface area contributed by atoms with Gasteiger partial charge in [0, 0.05) is 30.8 Å². The van der Waals surface area contributed by atoms with Gasteiger partial charge in [0.2, 0.25) is 5.91 Å². The molecule has 1 aliphatic heterocycles. The molecule has 3 aromatic rings. The van der Waals surface area contributed by atoms with Crippen LogP contribution in [0.5, 0.6) is 0 Å². The average Bonchev–Trinajstić information content (AvgIpc) is 3.44. The Morgan fingerprint density at radius 3 is 2.76 bits per heavy atom. The molecule has 1 aliphatic carbocycles. The molecule has 0 saturated carbocycles. The number of aryl methyl sites for hydroxylation is 2. The summed E-state index contributed by atoms with van der Waals surface area (Å²) in [5, 5.41) is 3.76. The molecule has 2 N–H and O–H groups in total. The number of aromatic amines is 1. The van der Waals surface area contributed by atoms with E-state index in [-0.39, 0.29) is 11.5 Å². The fourth-order valence-corrected chi connectivity index (χ4v) is 6.40. The van der Waals surface area contributed by atoms with Crippen LogP contribution in [0.2, 0.25) is 0 Å². The van der Waals surface area contributed by atoms with Crippen LogP contribution in [0.15, 0.2) is 29.1 Å². The van der Waals surface area contributed by atoms with Crippen LogP contribution in [0.1, 0.15) is 60.0 Å². The smallest absolute Gasteiger partial charge is 0.259 e. The van der Waals surface area contributed by atoms with E-state index in [0.717, 1.165) is 41.6 Å². The molecule has 1 fully saturated rings. The van der Waals surface area contributed by atoms with E-state index in [1.807, 2.05) is 0 Å². The Balaban J connectivity index is 1.14. The molecule has 0 bridgehead atoms. The van der Waals surface area contributed by atoms with E-state index < -0.39 is 0 Å². The van der Waals surface area contributed by atoms with Gasteiger partial charge in [-0.15, -0.1) is 11.3 Å². The number of hydrogen-bond acceptors (Lipinski definition) is 5. The summed E-state index contributed by atoms with van der Waals surface area (Å²) in [5.41, 5.74) is 3.55. The average molecular weight is 465 g/mol. The van der Waals surface area contributed by atoms with E-state index >= 15 is 0 Å². The quantitative estimate of drug-likeness (QED) is 0.555. The Morgan fingerprint density at radius 2 is 1.97 bits per heavy atom. The second kappa shape index (κ2) is 9.77. The molecule has 174 valence electrons. The Bertz CT molecular complexity index is 1190. The largest absolute Gasteiger partial charge is 0.352 e. The number of rotatable bonds is 7. The van der Waals surface area contributed by atoms with Crippen molar-refractivity contribution >= 4 is 27.5 Å². The van der Waals surface area contributed by atoms with Gasteiger partial charge in [-0.2, -0.15) is 0 Å². The van der Waals surface area contributed by atoms with Gasteiger partial charge >= 0.3 is 0 Å². The van der Waals surface area contributed by atoms with E-state index in [1.165, 1.54) is 41.9 Å². The van der Waals surface area contributed by atoms with Crippen molar-refractivity contribution in [1.29, 1.82) is 0 Å². The lowest BCUT2D eigenvalue weighted by Gasteiger charge is -2.17.